The number of fused-ring (bicyclic) bond motifs is 1. The summed E-state index contributed by atoms with van der Waals surface area (Å²) in [5.74, 6) is 0.485. The summed E-state index contributed by atoms with van der Waals surface area (Å²) in [5.41, 5.74) is 2.72. The summed E-state index contributed by atoms with van der Waals surface area (Å²) in [7, 11) is 0. The average molecular weight is 476 g/mol. The zero-order valence-electron chi connectivity index (χ0n) is 19.0. The van der Waals surface area contributed by atoms with Crippen molar-refractivity contribution in [1.82, 2.24) is 24.5 Å². The molecule has 174 valence electrons. The first-order valence-electron chi connectivity index (χ1n) is 11.5. The van der Waals surface area contributed by atoms with E-state index in [0.29, 0.717) is 46.3 Å². The Morgan fingerprint density at radius 2 is 1.85 bits per heavy atom. The summed E-state index contributed by atoms with van der Waals surface area (Å²) in [6.07, 6.45) is 4.59. The number of hydrogen-bond acceptors (Lipinski definition) is 4. The van der Waals surface area contributed by atoms with E-state index < -0.39 is 0 Å². The van der Waals surface area contributed by atoms with Crippen LogP contribution >= 0.6 is 11.6 Å². The van der Waals surface area contributed by atoms with Gasteiger partial charge in [0.05, 0.1) is 17.6 Å². The van der Waals surface area contributed by atoms with Crippen molar-refractivity contribution in [2.24, 2.45) is 5.92 Å². The molecule has 0 atom stereocenters. The van der Waals surface area contributed by atoms with Crippen LogP contribution in [0.15, 0.2) is 65.6 Å². The summed E-state index contributed by atoms with van der Waals surface area (Å²) < 4.78 is 2.83. The zero-order chi connectivity index (χ0) is 23.7. The molecule has 1 amide bonds. The van der Waals surface area contributed by atoms with Crippen LogP contribution in [0.5, 0.6) is 0 Å². The summed E-state index contributed by atoms with van der Waals surface area (Å²) in [4.78, 5) is 28.2. The Labute approximate surface area is 202 Å². The van der Waals surface area contributed by atoms with E-state index in [9.17, 15) is 9.59 Å². The van der Waals surface area contributed by atoms with Crippen molar-refractivity contribution in [3.05, 3.63) is 87.4 Å². The van der Waals surface area contributed by atoms with Crippen LogP contribution in [0.1, 0.15) is 24.1 Å². The van der Waals surface area contributed by atoms with Crippen LogP contribution in [0.3, 0.4) is 0 Å². The van der Waals surface area contributed by atoms with Crippen molar-refractivity contribution in [3.63, 3.8) is 0 Å². The summed E-state index contributed by atoms with van der Waals surface area (Å²) >= 11 is 6.14. The quantitative estimate of drug-likeness (QED) is 0.437. The van der Waals surface area contributed by atoms with Gasteiger partial charge in [0.1, 0.15) is 12.1 Å². The molecule has 1 aliphatic rings. The number of carbonyl (C=O) groups excluding carboxylic acids is 1. The molecule has 34 heavy (non-hydrogen) atoms. The molecule has 0 bridgehead atoms. The van der Waals surface area contributed by atoms with Crippen molar-refractivity contribution in [1.29, 1.82) is 0 Å². The molecule has 0 saturated carbocycles. The first-order valence-corrected chi connectivity index (χ1v) is 11.9. The van der Waals surface area contributed by atoms with Gasteiger partial charge in [0.2, 0.25) is 5.91 Å². The minimum atomic E-state index is -0.342. The van der Waals surface area contributed by atoms with Crippen LogP contribution in [-0.2, 0) is 17.8 Å². The van der Waals surface area contributed by atoms with Crippen LogP contribution < -0.4 is 5.56 Å². The lowest BCUT2D eigenvalue weighted by atomic mass is 9.90. The largest absolute Gasteiger partial charge is 0.341 e. The summed E-state index contributed by atoms with van der Waals surface area (Å²) in [5, 5.41) is 10.0. The standard InChI is InChI=1S/C26H26ClN5O2/c1-18-23-16-28-32(22-9-5-8-21(27)15-22)25(23)26(34)31(29-18)17-24(33)30-12-10-20(11-13-30)14-19-6-3-2-4-7-19/h2-9,15-16,20H,10-14,17H2,1H3. The number of piperidine rings is 1. The molecule has 0 spiro atoms. The van der Waals surface area contributed by atoms with Crippen LogP contribution in [-0.4, -0.2) is 43.5 Å². The van der Waals surface area contributed by atoms with Gasteiger partial charge in [-0.25, -0.2) is 9.36 Å². The fourth-order valence-corrected chi connectivity index (χ4v) is 4.88. The number of hydrogen-bond donors (Lipinski definition) is 0. The van der Waals surface area contributed by atoms with Gasteiger partial charge < -0.3 is 4.90 Å². The van der Waals surface area contributed by atoms with E-state index >= 15 is 0 Å². The van der Waals surface area contributed by atoms with Gasteiger partial charge in [-0.2, -0.15) is 10.2 Å². The summed E-state index contributed by atoms with van der Waals surface area (Å²) in [6, 6.07) is 17.6. The number of amides is 1. The monoisotopic (exact) mass is 475 g/mol. The Morgan fingerprint density at radius 3 is 2.59 bits per heavy atom. The SMILES string of the molecule is Cc1nn(CC(=O)N2CCC(Cc3ccccc3)CC2)c(=O)c2c1cnn2-c1cccc(Cl)c1. The third-order valence-corrected chi connectivity index (χ3v) is 6.77. The van der Waals surface area contributed by atoms with Gasteiger partial charge in [-0.3, -0.25) is 9.59 Å². The minimum Gasteiger partial charge on any atom is -0.341 e. The molecule has 1 fully saturated rings. The molecule has 0 unspecified atom stereocenters. The van der Waals surface area contributed by atoms with Gasteiger partial charge in [-0.1, -0.05) is 48.0 Å². The topological polar surface area (TPSA) is 73.0 Å². The number of benzene rings is 2. The fourth-order valence-electron chi connectivity index (χ4n) is 4.69. The Morgan fingerprint density at radius 1 is 1.09 bits per heavy atom. The molecule has 1 saturated heterocycles. The van der Waals surface area contributed by atoms with Gasteiger partial charge in [0.25, 0.3) is 5.56 Å². The lowest BCUT2D eigenvalue weighted by Crippen LogP contribution is -2.42. The van der Waals surface area contributed by atoms with Crippen molar-refractivity contribution >= 4 is 28.4 Å². The number of halogens is 1. The van der Waals surface area contributed by atoms with E-state index in [1.165, 1.54) is 10.2 Å². The lowest BCUT2D eigenvalue weighted by molar-refractivity contribution is -0.133. The molecule has 7 nitrogen and oxygen atoms in total. The molecule has 5 rings (SSSR count). The number of nitrogens with zero attached hydrogens (tertiary/aromatic N) is 5. The zero-order valence-corrected chi connectivity index (χ0v) is 19.8. The molecule has 1 aliphatic heterocycles. The first-order chi connectivity index (χ1) is 16.5. The average Bonchev–Trinajstić information content (AvgIpc) is 3.30. The third kappa shape index (κ3) is 4.48. The molecule has 0 radical (unpaired) electrons. The number of likely N-dealkylation sites (tertiary alicyclic amines) is 1. The second-order valence-corrected chi connectivity index (χ2v) is 9.30. The number of carbonyl (C=O) groups is 1. The maximum absolute atomic E-state index is 13.3. The number of aryl methyl sites for hydroxylation is 1. The van der Waals surface area contributed by atoms with Gasteiger partial charge in [-0.05, 0) is 55.9 Å². The van der Waals surface area contributed by atoms with E-state index in [1.807, 2.05) is 30.0 Å². The Balaban J connectivity index is 1.33. The molecule has 8 heteroatoms. The molecular formula is C26H26ClN5O2. The molecule has 3 heterocycles. The van der Waals surface area contributed by atoms with E-state index in [0.717, 1.165) is 19.3 Å². The number of rotatable bonds is 5. The lowest BCUT2D eigenvalue weighted by Gasteiger charge is -2.32. The van der Waals surface area contributed by atoms with Crippen molar-refractivity contribution in [3.8, 4) is 5.69 Å². The highest BCUT2D eigenvalue weighted by atomic mass is 35.5. The van der Waals surface area contributed by atoms with Gasteiger partial charge >= 0.3 is 0 Å². The second kappa shape index (κ2) is 9.43. The Bertz CT molecular complexity index is 1390. The van der Waals surface area contributed by atoms with Gasteiger partial charge in [0, 0.05) is 23.5 Å². The van der Waals surface area contributed by atoms with E-state index in [4.69, 9.17) is 11.6 Å². The molecular weight excluding hydrogens is 450 g/mol. The van der Waals surface area contributed by atoms with Crippen molar-refractivity contribution in [2.75, 3.05) is 13.1 Å². The van der Waals surface area contributed by atoms with Crippen molar-refractivity contribution in [2.45, 2.75) is 32.7 Å². The molecule has 2 aromatic heterocycles. The van der Waals surface area contributed by atoms with E-state index in [-0.39, 0.29) is 18.0 Å². The van der Waals surface area contributed by atoms with Crippen LogP contribution in [0.2, 0.25) is 5.02 Å². The highest BCUT2D eigenvalue weighted by Gasteiger charge is 2.24. The predicted octanol–water partition coefficient (Wildman–Crippen LogP) is 4.03. The highest BCUT2D eigenvalue weighted by molar-refractivity contribution is 6.30. The fraction of sp³-hybridized carbons (Fsp3) is 0.308. The molecule has 0 N–H and O–H groups in total. The molecule has 0 aliphatic carbocycles. The molecule has 4 aromatic rings. The maximum Gasteiger partial charge on any atom is 0.293 e. The summed E-state index contributed by atoms with van der Waals surface area (Å²) in [6.45, 7) is 3.14. The maximum atomic E-state index is 13.3. The second-order valence-electron chi connectivity index (χ2n) is 8.86. The van der Waals surface area contributed by atoms with Crippen molar-refractivity contribution < 1.29 is 4.79 Å². The molecule has 2 aromatic carbocycles. The van der Waals surface area contributed by atoms with Gasteiger partial charge in [-0.15, -0.1) is 0 Å². The smallest absolute Gasteiger partial charge is 0.293 e. The van der Waals surface area contributed by atoms with E-state index in [1.54, 1.807) is 23.0 Å². The van der Waals surface area contributed by atoms with Crippen LogP contribution in [0.4, 0.5) is 0 Å². The van der Waals surface area contributed by atoms with E-state index in [2.05, 4.69) is 34.5 Å². The predicted molar refractivity (Wildman–Crippen MR) is 132 cm³/mol. The third-order valence-electron chi connectivity index (χ3n) is 6.54. The number of aromatic nitrogens is 4. The van der Waals surface area contributed by atoms with Crippen LogP contribution in [0, 0.1) is 12.8 Å². The van der Waals surface area contributed by atoms with Gasteiger partial charge in [0.15, 0.2) is 0 Å². The Hall–Kier alpha value is -3.45. The highest BCUT2D eigenvalue weighted by Crippen LogP contribution is 2.22. The minimum absolute atomic E-state index is 0.0830. The first kappa shape index (κ1) is 22.3. The normalized spacial score (nSPS) is 14.6. The Kier molecular flexibility index (Phi) is 6.20. The van der Waals surface area contributed by atoms with Crippen LogP contribution in [0.25, 0.3) is 16.6 Å².